The Morgan fingerprint density at radius 2 is 2.12 bits per heavy atom. The van der Waals surface area contributed by atoms with Crippen molar-refractivity contribution in [2.45, 2.75) is 31.3 Å². The summed E-state index contributed by atoms with van der Waals surface area (Å²) in [5, 5.41) is 0. The van der Waals surface area contributed by atoms with Crippen LogP contribution in [0.1, 0.15) is 29.8 Å². The number of carbonyl (C=O) groups excluding carboxylic acids is 1. The highest BCUT2D eigenvalue weighted by Crippen LogP contribution is 2.30. The molecule has 1 heterocycles. The van der Waals surface area contributed by atoms with Crippen molar-refractivity contribution in [3.05, 3.63) is 29.1 Å². The lowest BCUT2D eigenvalue weighted by Gasteiger charge is -2.19. The summed E-state index contributed by atoms with van der Waals surface area (Å²) < 4.78 is 13.6. The topological polar surface area (TPSA) is 20.3 Å². The number of amides is 1. The molecule has 0 spiro atoms. The molecule has 0 saturated heterocycles. The zero-order valence-corrected chi connectivity index (χ0v) is 10.4. The van der Waals surface area contributed by atoms with Crippen molar-refractivity contribution < 1.29 is 9.18 Å². The summed E-state index contributed by atoms with van der Waals surface area (Å²) in [5.74, 6) is -0.359. The van der Waals surface area contributed by atoms with Gasteiger partial charge in [0.15, 0.2) is 0 Å². The van der Waals surface area contributed by atoms with Crippen molar-refractivity contribution >= 4 is 17.7 Å². The van der Waals surface area contributed by atoms with E-state index in [0.717, 1.165) is 5.56 Å². The Bertz CT molecular complexity index is 445. The molecule has 1 aromatic rings. The number of nitrogens with zero attached hydrogens (tertiary/aromatic N) is 1. The molecule has 0 radical (unpaired) electrons. The summed E-state index contributed by atoms with van der Waals surface area (Å²) in [5.41, 5.74) is 1.45. The maximum atomic E-state index is 13.6. The molecule has 86 valence electrons. The Hall–Kier alpha value is -1.03. The summed E-state index contributed by atoms with van der Waals surface area (Å²) in [7, 11) is 0. The van der Waals surface area contributed by atoms with Crippen LogP contribution in [0.2, 0.25) is 0 Å². The van der Waals surface area contributed by atoms with Gasteiger partial charge in [-0.3, -0.25) is 4.79 Å². The van der Waals surface area contributed by atoms with E-state index < -0.39 is 0 Å². The van der Waals surface area contributed by atoms with E-state index in [0.29, 0.717) is 17.0 Å². The minimum absolute atomic E-state index is 0.0587. The van der Waals surface area contributed by atoms with Gasteiger partial charge in [-0.25, -0.2) is 4.39 Å². The van der Waals surface area contributed by atoms with Crippen molar-refractivity contribution in [3.63, 3.8) is 0 Å². The molecule has 0 unspecified atom stereocenters. The van der Waals surface area contributed by atoms with Gasteiger partial charge in [0.2, 0.25) is 0 Å². The highest BCUT2D eigenvalue weighted by molar-refractivity contribution is 7.98. The Kier molecular flexibility index (Phi) is 2.93. The molecule has 16 heavy (non-hydrogen) atoms. The predicted molar refractivity (Wildman–Crippen MR) is 63.2 cm³/mol. The van der Waals surface area contributed by atoms with E-state index in [2.05, 4.69) is 0 Å². The van der Waals surface area contributed by atoms with E-state index in [1.165, 1.54) is 17.8 Å². The number of carbonyl (C=O) groups is 1. The van der Waals surface area contributed by atoms with Crippen molar-refractivity contribution in [2.75, 3.05) is 6.26 Å². The van der Waals surface area contributed by atoms with Crippen LogP contribution in [0.15, 0.2) is 17.0 Å². The fourth-order valence-corrected chi connectivity index (χ4v) is 2.42. The van der Waals surface area contributed by atoms with Crippen LogP contribution >= 0.6 is 11.8 Å². The van der Waals surface area contributed by atoms with E-state index in [9.17, 15) is 9.18 Å². The molecule has 1 aromatic carbocycles. The quantitative estimate of drug-likeness (QED) is 0.740. The van der Waals surface area contributed by atoms with Crippen LogP contribution in [0.25, 0.3) is 0 Å². The second-order valence-electron chi connectivity index (χ2n) is 4.17. The smallest absolute Gasteiger partial charge is 0.254 e. The molecule has 4 heteroatoms. The highest BCUT2D eigenvalue weighted by Gasteiger charge is 2.30. The lowest BCUT2D eigenvalue weighted by atomic mass is 10.1. The van der Waals surface area contributed by atoms with E-state index in [4.69, 9.17) is 0 Å². The average molecular weight is 239 g/mol. The van der Waals surface area contributed by atoms with Gasteiger partial charge in [0, 0.05) is 23.0 Å². The van der Waals surface area contributed by atoms with Gasteiger partial charge in [-0.15, -0.1) is 11.8 Å². The second-order valence-corrected chi connectivity index (χ2v) is 5.02. The van der Waals surface area contributed by atoms with Crippen LogP contribution in [0, 0.1) is 5.82 Å². The summed E-state index contributed by atoms with van der Waals surface area (Å²) in [6.07, 6.45) is 1.84. The van der Waals surface area contributed by atoms with Crippen LogP contribution in [0.3, 0.4) is 0 Å². The Morgan fingerprint density at radius 1 is 1.44 bits per heavy atom. The van der Waals surface area contributed by atoms with Gasteiger partial charge in [0.1, 0.15) is 5.82 Å². The van der Waals surface area contributed by atoms with Crippen LogP contribution < -0.4 is 0 Å². The Labute approximate surface area is 98.8 Å². The van der Waals surface area contributed by atoms with Crippen molar-refractivity contribution in [1.82, 2.24) is 4.90 Å². The standard InChI is InChI=1S/C12H14FNOS/c1-7(2)14-6-8-4-11(16-3)10(13)5-9(8)12(14)15/h4-5,7H,6H2,1-3H3. The summed E-state index contributed by atoms with van der Waals surface area (Å²) in [6, 6.07) is 3.31. The fourth-order valence-electron chi connectivity index (χ4n) is 1.91. The summed E-state index contributed by atoms with van der Waals surface area (Å²) in [4.78, 5) is 14.3. The van der Waals surface area contributed by atoms with Crippen molar-refractivity contribution in [2.24, 2.45) is 0 Å². The van der Waals surface area contributed by atoms with Gasteiger partial charge in [0.25, 0.3) is 5.91 Å². The molecule has 0 aliphatic carbocycles. The number of thioether (sulfide) groups is 1. The molecular weight excluding hydrogens is 225 g/mol. The van der Waals surface area contributed by atoms with Gasteiger partial charge in [0.05, 0.1) is 0 Å². The maximum absolute atomic E-state index is 13.6. The highest BCUT2D eigenvalue weighted by atomic mass is 32.2. The zero-order valence-electron chi connectivity index (χ0n) is 9.58. The van der Waals surface area contributed by atoms with Gasteiger partial charge in [-0.1, -0.05) is 0 Å². The lowest BCUT2D eigenvalue weighted by molar-refractivity contribution is 0.0730. The van der Waals surface area contributed by atoms with Gasteiger partial charge in [-0.2, -0.15) is 0 Å². The molecule has 1 aliphatic rings. The maximum Gasteiger partial charge on any atom is 0.254 e. The van der Waals surface area contributed by atoms with Crippen LogP contribution in [0.4, 0.5) is 4.39 Å². The predicted octanol–water partition coefficient (Wildman–Crippen LogP) is 2.91. The van der Waals surface area contributed by atoms with Gasteiger partial charge >= 0.3 is 0 Å². The molecule has 0 aromatic heterocycles. The SMILES string of the molecule is CSc1cc2c(cc1F)C(=O)N(C(C)C)C2. The molecule has 2 rings (SSSR count). The summed E-state index contributed by atoms with van der Waals surface area (Å²) in [6.45, 7) is 4.53. The van der Waals surface area contributed by atoms with Crippen LogP contribution in [-0.4, -0.2) is 23.1 Å². The first-order valence-electron chi connectivity index (χ1n) is 5.22. The molecule has 0 atom stereocenters. The van der Waals surface area contributed by atoms with E-state index in [1.807, 2.05) is 20.1 Å². The molecule has 0 N–H and O–H groups in total. The van der Waals surface area contributed by atoms with Gasteiger partial charge < -0.3 is 4.90 Å². The summed E-state index contributed by atoms with van der Waals surface area (Å²) >= 11 is 1.37. The molecular formula is C12H14FNOS. The molecule has 0 saturated carbocycles. The third-order valence-electron chi connectivity index (χ3n) is 2.83. The number of benzene rings is 1. The minimum atomic E-state index is -0.301. The molecule has 0 bridgehead atoms. The second kappa shape index (κ2) is 4.09. The minimum Gasteiger partial charge on any atom is -0.332 e. The number of rotatable bonds is 2. The first-order valence-corrected chi connectivity index (χ1v) is 6.44. The third-order valence-corrected chi connectivity index (χ3v) is 3.59. The number of fused-ring (bicyclic) bond motifs is 1. The number of halogens is 1. The van der Waals surface area contributed by atoms with Crippen molar-refractivity contribution in [1.29, 1.82) is 0 Å². The lowest BCUT2D eigenvalue weighted by Crippen LogP contribution is -2.30. The molecule has 1 amide bonds. The first kappa shape index (κ1) is 11.5. The molecule has 1 aliphatic heterocycles. The van der Waals surface area contributed by atoms with Crippen molar-refractivity contribution in [3.8, 4) is 0 Å². The average Bonchev–Trinajstić information content (AvgIpc) is 2.55. The number of hydrogen-bond donors (Lipinski definition) is 0. The fraction of sp³-hybridized carbons (Fsp3) is 0.417. The van der Waals surface area contributed by atoms with Crippen LogP contribution in [-0.2, 0) is 6.54 Å². The van der Waals surface area contributed by atoms with E-state index in [-0.39, 0.29) is 17.8 Å². The monoisotopic (exact) mass is 239 g/mol. The third kappa shape index (κ3) is 1.71. The van der Waals surface area contributed by atoms with Gasteiger partial charge in [-0.05, 0) is 37.8 Å². The van der Waals surface area contributed by atoms with E-state index >= 15 is 0 Å². The Balaban J connectivity index is 2.44. The number of hydrogen-bond acceptors (Lipinski definition) is 2. The largest absolute Gasteiger partial charge is 0.332 e. The molecule has 2 nitrogen and oxygen atoms in total. The molecule has 0 fully saturated rings. The van der Waals surface area contributed by atoms with Crippen LogP contribution in [0.5, 0.6) is 0 Å². The first-order chi connectivity index (χ1) is 7.54. The normalized spacial score (nSPS) is 14.8. The zero-order chi connectivity index (χ0) is 11.9. The Morgan fingerprint density at radius 3 is 2.69 bits per heavy atom. The van der Waals surface area contributed by atoms with E-state index in [1.54, 1.807) is 11.0 Å².